The third kappa shape index (κ3) is 2.88. The summed E-state index contributed by atoms with van der Waals surface area (Å²) < 4.78 is 1.83. The van der Waals surface area contributed by atoms with E-state index >= 15 is 0 Å². The molecular formula is C13H17N5. The maximum absolute atomic E-state index is 5.72. The summed E-state index contributed by atoms with van der Waals surface area (Å²) in [6, 6.07) is 9.91. The first-order valence-corrected chi connectivity index (χ1v) is 5.93. The second kappa shape index (κ2) is 5.86. The van der Waals surface area contributed by atoms with Crippen LogP contribution < -0.4 is 11.1 Å². The van der Waals surface area contributed by atoms with Crippen molar-refractivity contribution >= 4 is 5.96 Å². The number of rotatable bonds is 4. The molecule has 0 aliphatic heterocycles. The molecule has 18 heavy (non-hydrogen) atoms. The fourth-order valence-electron chi connectivity index (χ4n) is 1.69. The van der Waals surface area contributed by atoms with Gasteiger partial charge in [-0.3, -0.25) is 0 Å². The van der Waals surface area contributed by atoms with Gasteiger partial charge in [0.1, 0.15) is 0 Å². The van der Waals surface area contributed by atoms with Crippen molar-refractivity contribution in [3.05, 3.63) is 48.3 Å². The van der Waals surface area contributed by atoms with Gasteiger partial charge < -0.3 is 11.1 Å². The molecule has 0 bridgehead atoms. The van der Waals surface area contributed by atoms with Gasteiger partial charge in [-0.25, -0.2) is 9.67 Å². The van der Waals surface area contributed by atoms with Crippen molar-refractivity contribution in [2.45, 2.75) is 13.5 Å². The largest absolute Gasteiger partial charge is 0.370 e. The summed E-state index contributed by atoms with van der Waals surface area (Å²) in [6.07, 6.45) is 3.67. The molecule has 3 N–H and O–H groups in total. The van der Waals surface area contributed by atoms with Crippen LogP contribution in [0.1, 0.15) is 12.5 Å². The van der Waals surface area contributed by atoms with Gasteiger partial charge in [0, 0.05) is 18.9 Å². The van der Waals surface area contributed by atoms with Crippen molar-refractivity contribution in [1.82, 2.24) is 15.1 Å². The minimum Gasteiger partial charge on any atom is -0.370 e. The Morgan fingerprint density at radius 3 is 2.94 bits per heavy atom. The van der Waals surface area contributed by atoms with Gasteiger partial charge in [0.25, 0.3) is 0 Å². The van der Waals surface area contributed by atoms with E-state index in [1.165, 1.54) is 0 Å². The molecule has 1 aromatic heterocycles. The van der Waals surface area contributed by atoms with Crippen LogP contribution in [0.5, 0.6) is 0 Å². The van der Waals surface area contributed by atoms with Crippen molar-refractivity contribution in [1.29, 1.82) is 0 Å². The highest BCUT2D eigenvalue weighted by atomic mass is 15.3. The van der Waals surface area contributed by atoms with E-state index in [2.05, 4.69) is 15.4 Å². The Morgan fingerprint density at radius 1 is 1.39 bits per heavy atom. The number of nitrogens with one attached hydrogen (secondary N) is 1. The van der Waals surface area contributed by atoms with E-state index in [0.717, 1.165) is 17.8 Å². The molecule has 0 spiro atoms. The molecule has 0 fully saturated rings. The summed E-state index contributed by atoms with van der Waals surface area (Å²) in [5.74, 6) is 0.466. The lowest BCUT2D eigenvalue weighted by Crippen LogP contribution is -2.31. The van der Waals surface area contributed by atoms with E-state index in [1.54, 1.807) is 6.20 Å². The van der Waals surface area contributed by atoms with Crippen LogP contribution in [0.2, 0.25) is 0 Å². The van der Waals surface area contributed by atoms with Crippen LogP contribution in [0, 0.1) is 0 Å². The minimum atomic E-state index is 0.466. The molecule has 0 amide bonds. The van der Waals surface area contributed by atoms with Crippen molar-refractivity contribution in [2.24, 2.45) is 10.7 Å². The Balaban J connectivity index is 2.21. The van der Waals surface area contributed by atoms with Crippen LogP contribution in [-0.2, 0) is 6.54 Å². The van der Waals surface area contributed by atoms with Crippen LogP contribution in [-0.4, -0.2) is 22.3 Å². The van der Waals surface area contributed by atoms with Gasteiger partial charge in [-0.2, -0.15) is 5.10 Å². The number of guanidine groups is 1. The quantitative estimate of drug-likeness (QED) is 0.628. The van der Waals surface area contributed by atoms with Gasteiger partial charge in [0.05, 0.1) is 12.2 Å². The first kappa shape index (κ1) is 12.2. The number of nitrogens with zero attached hydrogens (tertiary/aromatic N) is 3. The number of benzene rings is 1. The summed E-state index contributed by atoms with van der Waals surface area (Å²) in [5, 5.41) is 7.21. The molecule has 1 aromatic carbocycles. The smallest absolute Gasteiger partial charge is 0.188 e. The number of hydrogen-bond acceptors (Lipinski definition) is 2. The Bertz CT molecular complexity index is 516. The molecule has 2 rings (SSSR count). The standard InChI is InChI=1S/C13H17N5/c1-2-15-13(14)16-10-11-6-3-4-7-12(11)18-9-5-8-17-18/h3-9H,2,10H2,1H3,(H3,14,15,16). The van der Waals surface area contributed by atoms with Gasteiger partial charge in [-0.1, -0.05) is 18.2 Å². The summed E-state index contributed by atoms with van der Waals surface area (Å²) in [6.45, 7) is 3.30. The molecule has 1 heterocycles. The van der Waals surface area contributed by atoms with Gasteiger partial charge >= 0.3 is 0 Å². The fourth-order valence-corrected chi connectivity index (χ4v) is 1.69. The predicted octanol–water partition coefficient (Wildman–Crippen LogP) is 1.30. The zero-order valence-electron chi connectivity index (χ0n) is 10.4. The Hall–Kier alpha value is -2.30. The second-order valence-corrected chi connectivity index (χ2v) is 3.81. The summed E-state index contributed by atoms with van der Waals surface area (Å²) in [7, 11) is 0. The molecule has 0 aliphatic carbocycles. The molecule has 0 saturated heterocycles. The average Bonchev–Trinajstić information content (AvgIpc) is 2.91. The van der Waals surface area contributed by atoms with Crippen LogP contribution in [0.15, 0.2) is 47.7 Å². The van der Waals surface area contributed by atoms with Gasteiger partial charge in [-0.15, -0.1) is 0 Å². The fraction of sp³-hybridized carbons (Fsp3) is 0.231. The lowest BCUT2D eigenvalue weighted by Gasteiger charge is -2.08. The molecule has 0 saturated carbocycles. The van der Waals surface area contributed by atoms with Crippen LogP contribution in [0.4, 0.5) is 0 Å². The molecule has 0 radical (unpaired) electrons. The van der Waals surface area contributed by atoms with E-state index in [1.807, 2.05) is 48.1 Å². The molecule has 5 heteroatoms. The minimum absolute atomic E-state index is 0.466. The zero-order chi connectivity index (χ0) is 12.8. The lowest BCUT2D eigenvalue weighted by atomic mass is 10.2. The lowest BCUT2D eigenvalue weighted by molar-refractivity contribution is 0.854. The summed E-state index contributed by atoms with van der Waals surface area (Å²) in [5.41, 5.74) is 7.83. The van der Waals surface area contributed by atoms with Gasteiger partial charge in [0.2, 0.25) is 0 Å². The molecule has 5 nitrogen and oxygen atoms in total. The molecular weight excluding hydrogens is 226 g/mol. The van der Waals surface area contributed by atoms with Crippen molar-refractivity contribution in [3.63, 3.8) is 0 Å². The Labute approximate surface area is 106 Å². The van der Waals surface area contributed by atoms with Crippen molar-refractivity contribution < 1.29 is 0 Å². The number of hydrogen-bond donors (Lipinski definition) is 2. The van der Waals surface area contributed by atoms with E-state index in [4.69, 9.17) is 5.73 Å². The van der Waals surface area contributed by atoms with E-state index < -0.39 is 0 Å². The van der Waals surface area contributed by atoms with Crippen LogP contribution in [0.25, 0.3) is 5.69 Å². The maximum Gasteiger partial charge on any atom is 0.188 e. The first-order valence-electron chi connectivity index (χ1n) is 5.93. The highest BCUT2D eigenvalue weighted by Crippen LogP contribution is 2.14. The van der Waals surface area contributed by atoms with Crippen molar-refractivity contribution in [2.75, 3.05) is 6.54 Å². The second-order valence-electron chi connectivity index (χ2n) is 3.81. The van der Waals surface area contributed by atoms with Crippen molar-refractivity contribution in [3.8, 4) is 5.69 Å². The number of aliphatic imine (C=N–C) groups is 1. The number of nitrogens with two attached hydrogens (primary N) is 1. The first-order chi connectivity index (χ1) is 8.81. The number of aromatic nitrogens is 2. The monoisotopic (exact) mass is 243 g/mol. The van der Waals surface area contributed by atoms with E-state index in [9.17, 15) is 0 Å². The molecule has 2 aromatic rings. The Morgan fingerprint density at radius 2 is 2.22 bits per heavy atom. The van der Waals surface area contributed by atoms with Crippen LogP contribution >= 0.6 is 0 Å². The molecule has 0 unspecified atom stereocenters. The zero-order valence-corrected chi connectivity index (χ0v) is 10.4. The topological polar surface area (TPSA) is 68.2 Å². The predicted molar refractivity (Wildman–Crippen MR) is 72.6 cm³/mol. The van der Waals surface area contributed by atoms with E-state index in [-0.39, 0.29) is 0 Å². The average molecular weight is 243 g/mol. The maximum atomic E-state index is 5.72. The SMILES string of the molecule is CCNC(N)=NCc1ccccc1-n1cccn1. The number of para-hydroxylation sites is 1. The normalized spacial score (nSPS) is 11.5. The van der Waals surface area contributed by atoms with E-state index in [0.29, 0.717) is 12.5 Å². The molecule has 94 valence electrons. The highest BCUT2D eigenvalue weighted by Gasteiger charge is 2.03. The third-order valence-electron chi connectivity index (χ3n) is 2.52. The van der Waals surface area contributed by atoms with Gasteiger partial charge in [0.15, 0.2) is 5.96 Å². The molecule has 0 aliphatic rings. The summed E-state index contributed by atoms with van der Waals surface area (Å²) in [4.78, 5) is 4.30. The third-order valence-corrected chi connectivity index (χ3v) is 2.52. The molecule has 0 atom stereocenters. The van der Waals surface area contributed by atoms with Crippen LogP contribution in [0.3, 0.4) is 0 Å². The Kier molecular flexibility index (Phi) is 3.96. The van der Waals surface area contributed by atoms with Gasteiger partial charge in [-0.05, 0) is 24.6 Å². The highest BCUT2D eigenvalue weighted by molar-refractivity contribution is 5.77. The summed E-state index contributed by atoms with van der Waals surface area (Å²) >= 11 is 0.